The van der Waals surface area contributed by atoms with Crippen LogP contribution in [0.4, 0.5) is 0 Å². The van der Waals surface area contributed by atoms with E-state index in [0.717, 1.165) is 0 Å². The lowest BCUT2D eigenvalue weighted by Gasteiger charge is -2.12. The van der Waals surface area contributed by atoms with E-state index in [-0.39, 0.29) is 0 Å². The molecule has 0 fully saturated rings. The summed E-state index contributed by atoms with van der Waals surface area (Å²) in [6.45, 7) is 2.15. The number of nitrogens with zero attached hydrogens (tertiary/aromatic N) is 1. The highest BCUT2D eigenvalue weighted by molar-refractivity contribution is 6.22. The first-order chi connectivity index (χ1) is 23.7. The van der Waals surface area contributed by atoms with Gasteiger partial charge in [-0.1, -0.05) is 151 Å². The van der Waals surface area contributed by atoms with Gasteiger partial charge in [-0.15, -0.1) is 0 Å². The van der Waals surface area contributed by atoms with Crippen LogP contribution in [0.3, 0.4) is 0 Å². The fraction of sp³-hybridized carbons (Fsp3) is 0.0213. The van der Waals surface area contributed by atoms with Gasteiger partial charge in [0.05, 0.1) is 16.7 Å². The Morgan fingerprint density at radius 1 is 0.333 bits per heavy atom. The van der Waals surface area contributed by atoms with Crippen LogP contribution in [0.25, 0.3) is 82.1 Å². The van der Waals surface area contributed by atoms with Gasteiger partial charge < -0.3 is 4.57 Å². The molecule has 48 heavy (non-hydrogen) atoms. The third-order valence-corrected chi connectivity index (χ3v) is 9.63. The fourth-order valence-corrected chi connectivity index (χ4v) is 7.32. The van der Waals surface area contributed by atoms with Crippen molar-refractivity contribution in [2.75, 3.05) is 0 Å². The second kappa shape index (κ2) is 11.6. The molecule has 0 atom stereocenters. The first-order valence-electron chi connectivity index (χ1n) is 16.6. The van der Waals surface area contributed by atoms with Crippen LogP contribution in [0, 0.1) is 6.92 Å². The van der Waals surface area contributed by atoms with E-state index < -0.39 is 0 Å². The number of hydrogen-bond acceptors (Lipinski definition) is 0. The Balaban J connectivity index is 1.23. The fourth-order valence-electron chi connectivity index (χ4n) is 7.32. The van der Waals surface area contributed by atoms with Gasteiger partial charge in [0.15, 0.2) is 0 Å². The first kappa shape index (κ1) is 28.1. The summed E-state index contributed by atoms with van der Waals surface area (Å²) in [6.07, 6.45) is 0. The predicted molar refractivity (Wildman–Crippen MR) is 207 cm³/mol. The topological polar surface area (TPSA) is 4.93 Å². The molecular formula is C47H33N. The maximum Gasteiger partial charge on any atom is 0.0547 e. The second-order valence-electron chi connectivity index (χ2n) is 12.7. The Labute approximate surface area is 280 Å². The molecule has 0 aliphatic rings. The van der Waals surface area contributed by atoms with Crippen molar-refractivity contribution in [1.29, 1.82) is 0 Å². The number of fused-ring (bicyclic) bond motifs is 7. The standard InChI is InChI=1S/C47H33N/c1-32-12-5-3-2-4-6-14-36(28-32)37-23-20-33-21-24-38(30-40(33)29-37)39-25-22-35-26-27-46-47(43(35)31-39)42-17-9-10-18-45(42)48(46)44-19-11-15-34-13-7-8-16-41(34)44/h2-31H,1H3. The van der Waals surface area contributed by atoms with E-state index in [1.54, 1.807) is 0 Å². The van der Waals surface area contributed by atoms with Gasteiger partial charge in [0.25, 0.3) is 0 Å². The number of aromatic nitrogens is 1. The normalized spacial score (nSPS) is 11.4. The van der Waals surface area contributed by atoms with E-state index in [0.29, 0.717) is 0 Å². The van der Waals surface area contributed by atoms with Crippen LogP contribution in [0.15, 0.2) is 182 Å². The largest absolute Gasteiger partial charge is 0.309 e. The molecule has 0 unspecified atom stereocenters. The minimum atomic E-state index is 1.20. The molecule has 0 amide bonds. The summed E-state index contributed by atoms with van der Waals surface area (Å²) in [7, 11) is 0. The molecule has 1 heteroatoms. The Morgan fingerprint density at radius 3 is 1.75 bits per heavy atom. The quantitative estimate of drug-likeness (QED) is 0.187. The van der Waals surface area contributed by atoms with Crippen molar-refractivity contribution in [3.63, 3.8) is 0 Å². The number of para-hydroxylation sites is 1. The van der Waals surface area contributed by atoms with Crippen molar-refractivity contribution in [2.24, 2.45) is 0 Å². The van der Waals surface area contributed by atoms with Gasteiger partial charge in [-0.3, -0.25) is 0 Å². The molecule has 1 aromatic heterocycles. The molecule has 0 saturated heterocycles. The van der Waals surface area contributed by atoms with Crippen LogP contribution in [0.1, 0.15) is 5.56 Å². The van der Waals surface area contributed by atoms with Crippen molar-refractivity contribution in [2.45, 2.75) is 6.92 Å². The lowest BCUT2D eigenvalue weighted by atomic mass is 9.95. The molecule has 9 aromatic rings. The summed E-state index contributed by atoms with van der Waals surface area (Å²) in [5, 5.41) is 10.1. The van der Waals surface area contributed by atoms with Crippen molar-refractivity contribution in [3.05, 3.63) is 188 Å². The van der Waals surface area contributed by atoms with E-state index in [1.165, 1.54) is 87.6 Å². The summed E-state index contributed by atoms with van der Waals surface area (Å²) in [6, 6.07) is 66.3. The Kier molecular flexibility index (Phi) is 6.76. The Bertz CT molecular complexity index is 2740. The molecular weight excluding hydrogens is 579 g/mol. The maximum atomic E-state index is 2.45. The van der Waals surface area contributed by atoms with Crippen LogP contribution < -0.4 is 0 Å². The molecule has 0 radical (unpaired) electrons. The number of hydrogen-bond donors (Lipinski definition) is 0. The zero-order valence-electron chi connectivity index (χ0n) is 26.8. The van der Waals surface area contributed by atoms with Crippen LogP contribution in [-0.2, 0) is 0 Å². The minimum absolute atomic E-state index is 1.20. The Morgan fingerprint density at radius 2 is 0.917 bits per heavy atom. The zero-order chi connectivity index (χ0) is 32.0. The summed E-state index contributed by atoms with van der Waals surface area (Å²) < 4.78 is 2.45. The predicted octanol–water partition coefficient (Wildman–Crippen LogP) is 13.0. The van der Waals surface area contributed by atoms with Crippen molar-refractivity contribution in [1.82, 2.24) is 4.57 Å². The highest BCUT2D eigenvalue weighted by Gasteiger charge is 2.16. The number of aryl methyl sites for hydroxylation is 1. The van der Waals surface area contributed by atoms with Crippen LogP contribution in [0.2, 0.25) is 0 Å². The summed E-state index contributed by atoms with van der Waals surface area (Å²) in [4.78, 5) is 0. The number of rotatable bonds is 3. The van der Waals surface area contributed by atoms with E-state index >= 15 is 0 Å². The second-order valence-corrected chi connectivity index (χ2v) is 12.7. The monoisotopic (exact) mass is 611 g/mol. The van der Waals surface area contributed by atoms with Gasteiger partial charge in [-0.25, -0.2) is 0 Å². The molecule has 0 N–H and O–H groups in total. The van der Waals surface area contributed by atoms with Crippen molar-refractivity contribution < 1.29 is 0 Å². The summed E-state index contributed by atoms with van der Waals surface area (Å²) in [5.74, 6) is 0. The smallest absolute Gasteiger partial charge is 0.0547 e. The zero-order valence-corrected chi connectivity index (χ0v) is 26.8. The molecule has 8 aromatic carbocycles. The SMILES string of the molecule is Cc1cccccccc(-c2ccc3ccc(-c4ccc5ccc6c(c5c4)c4ccccc4n6-c4cccc5ccccc45)cc3c2)c1. The van der Waals surface area contributed by atoms with Crippen molar-refractivity contribution >= 4 is 54.1 Å². The lowest BCUT2D eigenvalue weighted by molar-refractivity contribution is 1.20. The van der Waals surface area contributed by atoms with Crippen LogP contribution in [0.5, 0.6) is 0 Å². The van der Waals surface area contributed by atoms with E-state index in [9.17, 15) is 0 Å². The lowest BCUT2D eigenvalue weighted by Crippen LogP contribution is -1.95. The van der Waals surface area contributed by atoms with Gasteiger partial charge in [-0.05, 0) is 92.5 Å². The molecule has 0 saturated carbocycles. The average Bonchev–Trinajstić information content (AvgIpc) is 3.48. The molecule has 1 heterocycles. The Hall–Kier alpha value is -6.18. The average molecular weight is 612 g/mol. The van der Waals surface area contributed by atoms with Crippen LogP contribution >= 0.6 is 0 Å². The van der Waals surface area contributed by atoms with Gasteiger partial charge in [0.1, 0.15) is 0 Å². The third kappa shape index (κ3) is 4.80. The summed E-state index contributed by atoms with van der Waals surface area (Å²) >= 11 is 0. The molecule has 226 valence electrons. The number of benzene rings is 7. The van der Waals surface area contributed by atoms with E-state index in [1.807, 2.05) is 0 Å². The van der Waals surface area contributed by atoms with Crippen molar-refractivity contribution in [3.8, 4) is 27.9 Å². The highest BCUT2D eigenvalue weighted by Crippen LogP contribution is 2.40. The minimum Gasteiger partial charge on any atom is -0.309 e. The van der Waals surface area contributed by atoms with Gasteiger partial charge >= 0.3 is 0 Å². The highest BCUT2D eigenvalue weighted by atomic mass is 15.0. The van der Waals surface area contributed by atoms with Gasteiger partial charge in [0, 0.05) is 16.2 Å². The maximum absolute atomic E-state index is 2.45. The van der Waals surface area contributed by atoms with E-state index in [2.05, 4.69) is 193 Å². The molecule has 1 nitrogen and oxygen atoms in total. The van der Waals surface area contributed by atoms with E-state index in [4.69, 9.17) is 0 Å². The molecule has 0 aliphatic heterocycles. The molecule has 0 bridgehead atoms. The van der Waals surface area contributed by atoms with Crippen LogP contribution in [-0.4, -0.2) is 4.57 Å². The molecule has 0 aliphatic carbocycles. The summed E-state index contributed by atoms with van der Waals surface area (Å²) in [5.41, 5.74) is 9.73. The third-order valence-electron chi connectivity index (χ3n) is 9.63. The van der Waals surface area contributed by atoms with Gasteiger partial charge in [-0.2, -0.15) is 0 Å². The molecule has 9 rings (SSSR count). The van der Waals surface area contributed by atoms with Gasteiger partial charge in [0.2, 0.25) is 0 Å². The molecule has 0 spiro atoms. The first-order valence-corrected chi connectivity index (χ1v) is 16.6.